The lowest BCUT2D eigenvalue weighted by Crippen LogP contribution is -2.17. The van der Waals surface area contributed by atoms with Crippen LogP contribution in [-0.4, -0.2) is 39.2 Å². The van der Waals surface area contributed by atoms with Gasteiger partial charge in [0.15, 0.2) is 15.5 Å². The lowest BCUT2D eigenvalue weighted by atomic mass is 9.86. The van der Waals surface area contributed by atoms with E-state index in [9.17, 15) is 16.8 Å². The average molecular weight is 551 g/mol. The maximum absolute atomic E-state index is 14.1. The van der Waals surface area contributed by atoms with Crippen LogP contribution in [0.3, 0.4) is 0 Å². The van der Waals surface area contributed by atoms with Gasteiger partial charge >= 0.3 is 0 Å². The lowest BCUT2D eigenvalue weighted by Gasteiger charge is -2.21. The van der Waals surface area contributed by atoms with Crippen LogP contribution in [0, 0.1) is 5.92 Å². The number of nitrogens with zero attached hydrogens (tertiary/aromatic N) is 2. The molecule has 0 amide bonds. The third kappa shape index (κ3) is 5.13. The van der Waals surface area contributed by atoms with Crippen LogP contribution in [-0.2, 0) is 19.9 Å². The van der Waals surface area contributed by atoms with E-state index in [-0.39, 0.29) is 15.7 Å². The summed E-state index contributed by atoms with van der Waals surface area (Å²) in [7, 11) is -5.86. The largest absolute Gasteiger partial charge is 0.495 e. The van der Waals surface area contributed by atoms with Crippen molar-refractivity contribution < 1.29 is 21.6 Å². The molecule has 2 aromatic carbocycles. The van der Waals surface area contributed by atoms with E-state index >= 15 is 0 Å². The molecule has 1 fully saturated rings. The topological polar surface area (TPSA) is 95.3 Å². The molecule has 0 atom stereocenters. The number of aromatic nitrogens is 2. The number of pyridine rings is 1. The first kappa shape index (κ1) is 26.2. The fourth-order valence-corrected chi connectivity index (χ4v) is 7.17. The van der Waals surface area contributed by atoms with Crippen molar-refractivity contribution in [3.63, 3.8) is 0 Å². The van der Waals surface area contributed by atoms with E-state index in [1.54, 1.807) is 67.8 Å². The van der Waals surface area contributed by atoms with E-state index in [0.717, 1.165) is 36.8 Å². The van der Waals surface area contributed by atoms with E-state index in [2.05, 4.69) is 11.1 Å². The van der Waals surface area contributed by atoms with Crippen LogP contribution >= 0.6 is 0 Å². The molecule has 0 radical (unpaired) electrons. The Balaban J connectivity index is 1.79. The predicted molar refractivity (Wildman–Crippen MR) is 149 cm³/mol. The molecule has 1 aliphatic rings. The Labute approximate surface area is 223 Å². The molecule has 1 aliphatic carbocycles. The van der Waals surface area contributed by atoms with Gasteiger partial charge < -0.3 is 4.74 Å². The summed E-state index contributed by atoms with van der Waals surface area (Å²) >= 11 is 0. The molecule has 5 rings (SSSR count). The third-order valence-electron chi connectivity index (χ3n) is 7.01. The van der Waals surface area contributed by atoms with E-state index in [0.29, 0.717) is 22.5 Å². The van der Waals surface area contributed by atoms with Gasteiger partial charge in [-0.05, 0) is 60.7 Å². The third-order valence-corrected chi connectivity index (χ3v) is 9.86. The van der Waals surface area contributed by atoms with Crippen molar-refractivity contribution in [1.82, 2.24) is 8.96 Å². The van der Waals surface area contributed by atoms with Crippen molar-refractivity contribution in [2.75, 3.05) is 13.4 Å². The first-order valence-corrected chi connectivity index (χ1v) is 15.9. The molecule has 9 heteroatoms. The molecule has 1 saturated carbocycles. The van der Waals surface area contributed by atoms with Gasteiger partial charge in [0.05, 0.1) is 28.8 Å². The maximum atomic E-state index is 14.1. The molecule has 0 aliphatic heterocycles. The Hall–Kier alpha value is -3.43. The lowest BCUT2D eigenvalue weighted by molar-refractivity contribution is 0.413. The van der Waals surface area contributed by atoms with Crippen LogP contribution in [0.2, 0.25) is 0 Å². The highest BCUT2D eigenvalue weighted by Crippen LogP contribution is 2.36. The fourth-order valence-electron chi connectivity index (χ4n) is 5.04. The second-order valence-electron chi connectivity index (χ2n) is 9.68. The summed E-state index contributed by atoms with van der Waals surface area (Å²) in [5, 5.41) is 0.626. The van der Waals surface area contributed by atoms with Gasteiger partial charge in [-0.1, -0.05) is 55.7 Å². The van der Waals surface area contributed by atoms with Crippen LogP contribution in [0.15, 0.2) is 88.8 Å². The van der Waals surface area contributed by atoms with Crippen molar-refractivity contribution in [3.8, 4) is 5.75 Å². The normalized spacial score (nSPS) is 15.6. The molecule has 0 bridgehead atoms. The number of sulfone groups is 1. The van der Waals surface area contributed by atoms with Crippen LogP contribution < -0.4 is 4.74 Å². The quantitative estimate of drug-likeness (QED) is 0.293. The number of ether oxygens (including phenoxy) is 1. The molecule has 0 unspecified atom stereocenters. The van der Waals surface area contributed by atoms with Crippen LogP contribution in [0.25, 0.3) is 16.6 Å². The molecular formula is C29H30N2O5S2. The molecule has 0 spiro atoms. The molecule has 38 heavy (non-hydrogen) atoms. The highest BCUT2D eigenvalue weighted by atomic mass is 32.2. The van der Waals surface area contributed by atoms with Gasteiger partial charge in [0.2, 0.25) is 0 Å². The Kier molecular flexibility index (Phi) is 7.15. The predicted octanol–water partition coefficient (Wildman–Crippen LogP) is 5.70. The number of benzene rings is 2. The zero-order valence-corrected chi connectivity index (χ0v) is 23.0. The van der Waals surface area contributed by atoms with Gasteiger partial charge in [0, 0.05) is 17.2 Å². The van der Waals surface area contributed by atoms with Crippen LogP contribution in [0.5, 0.6) is 5.75 Å². The summed E-state index contributed by atoms with van der Waals surface area (Å²) in [6.07, 6.45) is 10.3. The molecule has 2 aromatic heterocycles. The van der Waals surface area contributed by atoms with Crippen molar-refractivity contribution in [2.24, 2.45) is 5.92 Å². The minimum Gasteiger partial charge on any atom is -0.495 e. The van der Waals surface area contributed by atoms with Crippen molar-refractivity contribution >= 4 is 36.5 Å². The highest BCUT2D eigenvalue weighted by molar-refractivity contribution is 7.90. The van der Waals surface area contributed by atoms with Crippen molar-refractivity contribution in [3.05, 3.63) is 90.3 Å². The second-order valence-corrected chi connectivity index (χ2v) is 13.5. The van der Waals surface area contributed by atoms with Gasteiger partial charge in [-0.15, -0.1) is 0 Å². The summed E-state index contributed by atoms with van der Waals surface area (Å²) in [5.74, 6) is 0.801. The summed E-state index contributed by atoms with van der Waals surface area (Å²) in [6.45, 7) is 0. The molecule has 4 aromatic rings. The van der Waals surface area contributed by atoms with E-state index < -0.39 is 19.9 Å². The number of hydrogen-bond donors (Lipinski definition) is 0. The Morgan fingerprint density at radius 1 is 0.921 bits per heavy atom. The van der Waals surface area contributed by atoms with Gasteiger partial charge in [-0.25, -0.2) is 25.8 Å². The minimum atomic E-state index is -4.02. The fraction of sp³-hybridized carbons (Fsp3) is 0.276. The Bertz CT molecular complexity index is 1700. The molecule has 198 valence electrons. The number of methoxy groups -OCH3 is 1. The minimum absolute atomic E-state index is 0.154. The molecule has 0 N–H and O–H groups in total. The van der Waals surface area contributed by atoms with Crippen LogP contribution in [0.4, 0.5) is 0 Å². The van der Waals surface area contributed by atoms with Gasteiger partial charge in [-0.2, -0.15) is 0 Å². The summed E-state index contributed by atoms with van der Waals surface area (Å²) in [4.78, 5) is 4.85. The number of rotatable bonds is 7. The first-order chi connectivity index (χ1) is 18.2. The molecule has 2 heterocycles. The Morgan fingerprint density at radius 2 is 1.61 bits per heavy atom. The van der Waals surface area contributed by atoms with E-state index in [1.165, 1.54) is 22.8 Å². The SMILES string of the molecule is COc1cnc2c(c1)cc(C(=CC1CCCCC1)c1ccc(S(C)(=O)=O)cc1)n2S(=O)(=O)c1ccccc1. The molecule has 0 saturated heterocycles. The summed E-state index contributed by atoms with van der Waals surface area (Å²) < 4.78 is 59.0. The number of hydrogen-bond acceptors (Lipinski definition) is 6. The molecular weight excluding hydrogens is 520 g/mol. The standard InChI is InChI=1S/C29H30N2O5S2/c1-36-24-18-23-19-28(31(29(23)30-20-24)38(34,35)26-11-7-4-8-12-26)27(17-21-9-5-3-6-10-21)22-13-15-25(16-14-22)37(2,32)33/h4,7-8,11-21H,3,5-6,9-10H2,1-2H3. The molecule has 7 nitrogen and oxygen atoms in total. The highest BCUT2D eigenvalue weighted by Gasteiger charge is 2.27. The number of fused-ring (bicyclic) bond motifs is 1. The Morgan fingerprint density at radius 3 is 2.24 bits per heavy atom. The monoisotopic (exact) mass is 550 g/mol. The van der Waals surface area contributed by atoms with Crippen molar-refractivity contribution in [1.29, 1.82) is 0 Å². The van der Waals surface area contributed by atoms with Crippen molar-refractivity contribution in [2.45, 2.75) is 41.9 Å². The smallest absolute Gasteiger partial charge is 0.269 e. The zero-order chi connectivity index (χ0) is 26.9. The average Bonchev–Trinajstić information content (AvgIpc) is 3.31. The van der Waals surface area contributed by atoms with Crippen LogP contribution in [0.1, 0.15) is 43.4 Å². The van der Waals surface area contributed by atoms with Gasteiger partial charge in [0.1, 0.15) is 5.75 Å². The maximum Gasteiger partial charge on any atom is 0.269 e. The van der Waals surface area contributed by atoms with E-state index in [4.69, 9.17) is 4.74 Å². The van der Waals surface area contributed by atoms with E-state index in [1.807, 2.05) is 6.07 Å². The first-order valence-electron chi connectivity index (χ1n) is 12.6. The summed E-state index contributed by atoms with van der Waals surface area (Å²) in [5.41, 5.74) is 2.24. The summed E-state index contributed by atoms with van der Waals surface area (Å²) in [6, 6.07) is 18.5. The number of allylic oxidation sites excluding steroid dienone is 1. The van der Waals surface area contributed by atoms with Gasteiger partial charge in [0.25, 0.3) is 10.0 Å². The zero-order valence-electron chi connectivity index (χ0n) is 21.4. The van der Waals surface area contributed by atoms with Gasteiger partial charge in [-0.3, -0.25) is 0 Å². The second kappa shape index (κ2) is 10.4.